The molecule has 5 heteroatoms. The lowest BCUT2D eigenvalue weighted by Gasteiger charge is -2.12. The summed E-state index contributed by atoms with van der Waals surface area (Å²) in [6.07, 6.45) is 3.19. The van der Waals surface area contributed by atoms with Gasteiger partial charge in [-0.15, -0.1) is 0 Å². The summed E-state index contributed by atoms with van der Waals surface area (Å²) in [5.41, 5.74) is 1.43. The molecule has 0 unspecified atom stereocenters. The smallest absolute Gasteiger partial charge is 0.129 e. The maximum Gasteiger partial charge on any atom is 0.129 e. The minimum Gasteiger partial charge on any atom is -0.497 e. The van der Waals surface area contributed by atoms with Gasteiger partial charge in [0.2, 0.25) is 0 Å². The van der Waals surface area contributed by atoms with Crippen LogP contribution in [0.3, 0.4) is 0 Å². The van der Waals surface area contributed by atoms with Crippen LogP contribution >= 0.6 is 0 Å². The Balaban J connectivity index is 2.13. The van der Waals surface area contributed by atoms with Gasteiger partial charge in [-0.3, -0.25) is 4.98 Å². The van der Waals surface area contributed by atoms with Gasteiger partial charge in [0.1, 0.15) is 31.7 Å². The van der Waals surface area contributed by atoms with Crippen molar-refractivity contribution in [2.45, 2.75) is 6.61 Å². The fourth-order valence-corrected chi connectivity index (χ4v) is 1.65. The summed E-state index contributed by atoms with van der Waals surface area (Å²) in [6.45, 7) is 0.362. The Hall–Kier alpha value is -2.17. The van der Waals surface area contributed by atoms with Crippen LogP contribution in [-0.2, 0) is 6.61 Å². The Morgan fingerprint density at radius 2 is 1.95 bits per heavy atom. The van der Waals surface area contributed by atoms with Gasteiger partial charge < -0.3 is 14.2 Å². The zero-order chi connectivity index (χ0) is 13.7. The number of pyridine rings is 1. The van der Waals surface area contributed by atoms with Crippen LogP contribution in [0.1, 0.15) is 5.56 Å². The monoisotopic (exact) mass is 255 g/mol. The van der Waals surface area contributed by atoms with Crippen LogP contribution in [-0.4, -0.2) is 27.0 Å². The predicted molar refractivity (Wildman–Crippen MR) is 73.5 cm³/mol. The zero-order valence-corrected chi connectivity index (χ0v) is 10.9. The molecule has 2 aromatic rings. The first-order chi connectivity index (χ1) is 9.24. The van der Waals surface area contributed by atoms with E-state index in [0.717, 1.165) is 11.3 Å². The normalized spacial score (nSPS) is 10.0. The second-order valence-corrected chi connectivity index (χ2v) is 3.88. The first-order valence-electron chi connectivity index (χ1n) is 5.77. The minimum atomic E-state index is 0.362. The highest BCUT2D eigenvalue weighted by Crippen LogP contribution is 2.25. The Morgan fingerprint density at radius 1 is 1.11 bits per heavy atom. The zero-order valence-electron chi connectivity index (χ0n) is 10.9. The molecular weight excluding hydrogens is 241 g/mol. The van der Waals surface area contributed by atoms with E-state index < -0.39 is 0 Å². The standard InChI is InChI=1S/C14H14BNO3/c1-17-11-4-3-10(14(7-11)18-2)9-19-13-5-6-16-8-12(13)15/h3-8H,9H2,1-2H3. The number of benzene rings is 1. The second-order valence-electron chi connectivity index (χ2n) is 3.88. The fourth-order valence-electron chi connectivity index (χ4n) is 1.65. The van der Waals surface area contributed by atoms with Crippen molar-refractivity contribution in [3.05, 3.63) is 42.2 Å². The van der Waals surface area contributed by atoms with Crippen LogP contribution in [0.5, 0.6) is 17.2 Å². The summed E-state index contributed by atoms with van der Waals surface area (Å²) < 4.78 is 16.1. The highest BCUT2D eigenvalue weighted by molar-refractivity contribution is 6.34. The van der Waals surface area contributed by atoms with Gasteiger partial charge in [-0.2, -0.15) is 0 Å². The molecule has 0 bridgehead atoms. The van der Waals surface area contributed by atoms with Crippen LogP contribution < -0.4 is 19.7 Å². The van der Waals surface area contributed by atoms with Gasteiger partial charge in [0.25, 0.3) is 0 Å². The molecule has 0 N–H and O–H groups in total. The quantitative estimate of drug-likeness (QED) is 0.758. The van der Waals surface area contributed by atoms with Crippen molar-refractivity contribution in [2.24, 2.45) is 0 Å². The molecule has 0 saturated carbocycles. The Bertz CT molecular complexity index is 560. The van der Waals surface area contributed by atoms with Gasteiger partial charge in [-0.05, 0) is 23.7 Å². The van der Waals surface area contributed by atoms with Gasteiger partial charge >= 0.3 is 0 Å². The maximum absolute atomic E-state index is 5.76. The second kappa shape index (κ2) is 6.13. The van der Waals surface area contributed by atoms with Crippen molar-refractivity contribution >= 4 is 13.3 Å². The Morgan fingerprint density at radius 3 is 2.63 bits per heavy atom. The van der Waals surface area contributed by atoms with E-state index in [1.54, 1.807) is 32.7 Å². The summed E-state index contributed by atoms with van der Waals surface area (Å²) >= 11 is 0. The molecule has 1 heterocycles. The number of nitrogens with zero attached hydrogens (tertiary/aromatic N) is 1. The summed E-state index contributed by atoms with van der Waals surface area (Å²) in [7, 11) is 8.99. The molecule has 0 atom stereocenters. The maximum atomic E-state index is 5.76. The summed E-state index contributed by atoms with van der Waals surface area (Å²) in [4.78, 5) is 3.91. The Kier molecular flexibility index (Phi) is 4.28. The molecule has 0 saturated heterocycles. The van der Waals surface area contributed by atoms with Crippen LogP contribution in [0, 0.1) is 0 Å². The van der Waals surface area contributed by atoms with Gasteiger partial charge in [0, 0.05) is 24.0 Å². The van der Waals surface area contributed by atoms with E-state index in [1.165, 1.54) is 0 Å². The molecule has 4 nitrogen and oxygen atoms in total. The Labute approximate surface area is 113 Å². The predicted octanol–water partition coefficient (Wildman–Crippen LogP) is 1.47. The molecule has 1 aromatic heterocycles. The number of ether oxygens (including phenoxy) is 3. The van der Waals surface area contributed by atoms with Gasteiger partial charge in [-0.1, -0.05) is 0 Å². The molecule has 0 spiro atoms. The van der Waals surface area contributed by atoms with Gasteiger partial charge in [-0.25, -0.2) is 0 Å². The number of methoxy groups -OCH3 is 2. The number of aromatic nitrogens is 1. The average Bonchev–Trinajstić information content (AvgIpc) is 2.46. The molecule has 0 aliphatic heterocycles. The van der Waals surface area contributed by atoms with E-state index in [2.05, 4.69) is 4.98 Å². The summed E-state index contributed by atoms with van der Waals surface area (Å²) in [5.74, 6) is 2.06. The van der Waals surface area contributed by atoms with E-state index in [9.17, 15) is 0 Å². The first-order valence-corrected chi connectivity index (χ1v) is 5.77. The molecule has 0 aliphatic rings. The van der Waals surface area contributed by atoms with Crippen molar-refractivity contribution < 1.29 is 14.2 Å². The van der Waals surface area contributed by atoms with E-state index in [1.807, 2.05) is 18.2 Å². The number of hydrogen-bond donors (Lipinski definition) is 0. The fraction of sp³-hybridized carbons (Fsp3) is 0.214. The minimum absolute atomic E-state index is 0.362. The van der Waals surface area contributed by atoms with Crippen LogP contribution in [0.4, 0.5) is 0 Å². The SMILES string of the molecule is [B]c1cnccc1OCc1ccc(OC)cc1OC. The van der Waals surface area contributed by atoms with Crippen LogP contribution in [0.25, 0.3) is 0 Å². The molecule has 0 aliphatic carbocycles. The largest absolute Gasteiger partial charge is 0.497 e. The molecule has 1 aromatic carbocycles. The van der Waals surface area contributed by atoms with Crippen molar-refractivity contribution in [2.75, 3.05) is 14.2 Å². The first kappa shape index (κ1) is 13.3. The lowest BCUT2D eigenvalue weighted by molar-refractivity contribution is 0.298. The van der Waals surface area contributed by atoms with Crippen LogP contribution in [0.15, 0.2) is 36.7 Å². The molecule has 0 fully saturated rings. The van der Waals surface area contributed by atoms with Crippen molar-refractivity contribution in [3.8, 4) is 17.2 Å². The van der Waals surface area contributed by atoms with Gasteiger partial charge in [0.05, 0.1) is 14.2 Å². The number of hydrogen-bond acceptors (Lipinski definition) is 4. The van der Waals surface area contributed by atoms with Crippen molar-refractivity contribution in [3.63, 3.8) is 0 Å². The van der Waals surface area contributed by atoms with E-state index in [-0.39, 0.29) is 0 Å². The molecule has 96 valence electrons. The topological polar surface area (TPSA) is 40.6 Å². The number of rotatable bonds is 5. The highest BCUT2D eigenvalue weighted by Gasteiger charge is 2.06. The third-order valence-corrected chi connectivity index (χ3v) is 2.69. The summed E-state index contributed by atoms with van der Waals surface area (Å²) in [5, 5.41) is 0. The lowest BCUT2D eigenvalue weighted by atomic mass is 9.98. The molecule has 0 amide bonds. The third-order valence-electron chi connectivity index (χ3n) is 2.69. The van der Waals surface area contributed by atoms with Gasteiger partial charge in [0.15, 0.2) is 0 Å². The molecule has 2 rings (SSSR count). The van der Waals surface area contributed by atoms with E-state index in [0.29, 0.717) is 23.6 Å². The molecule has 19 heavy (non-hydrogen) atoms. The third kappa shape index (κ3) is 3.19. The van der Waals surface area contributed by atoms with Crippen molar-refractivity contribution in [1.29, 1.82) is 0 Å². The average molecular weight is 255 g/mol. The van der Waals surface area contributed by atoms with Crippen molar-refractivity contribution in [1.82, 2.24) is 4.98 Å². The molecular formula is C14H14BNO3. The van der Waals surface area contributed by atoms with Crippen LogP contribution in [0.2, 0.25) is 0 Å². The lowest BCUT2D eigenvalue weighted by Crippen LogP contribution is -2.10. The molecule has 2 radical (unpaired) electrons. The summed E-state index contributed by atoms with van der Waals surface area (Å²) in [6, 6.07) is 7.30. The highest BCUT2D eigenvalue weighted by atomic mass is 16.5. The van der Waals surface area contributed by atoms with E-state index >= 15 is 0 Å². The van der Waals surface area contributed by atoms with E-state index in [4.69, 9.17) is 22.1 Å².